The molecular weight excluding hydrogens is 1350 g/mol. The molecule has 0 spiro atoms. The molecule has 0 radical (unpaired) electrons. The monoisotopic (exact) mass is 1440 g/mol. The summed E-state index contributed by atoms with van der Waals surface area (Å²) in [4.78, 5) is 65.5. The number of hydrogen-bond acceptors (Lipinski definition) is 39. The number of amides is 3. The Labute approximate surface area is 553 Å². The summed E-state index contributed by atoms with van der Waals surface area (Å²) < 4.78 is 76.8. The van der Waals surface area contributed by atoms with E-state index in [4.69, 9.17) is 61.6 Å². The second-order valence-corrected chi connectivity index (χ2v) is 24.6. The van der Waals surface area contributed by atoms with Crippen molar-refractivity contribution in [1.29, 1.82) is 0 Å². The van der Waals surface area contributed by atoms with Crippen molar-refractivity contribution >= 4 is 29.7 Å². The molecule has 0 aromatic rings. The maximum absolute atomic E-state index is 13.7. The molecular formula is C54H89N3O41. The first kappa shape index (κ1) is 81.3. The van der Waals surface area contributed by atoms with Crippen LogP contribution in [0.4, 0.5) is 0 Å². The van der Waals surface area contributed by atoms with Gasteiger partial charge in [-0.2, -0.15) is 0 Å². The summed E-state index contributed by atoms with van der Waals surface area (Å²) in [6.45, 7) is -3.69. The van der Waals surface area contributed by atoms with Crippen LogP contribution in [0.1, 0.15) is 40.5 Å². The van der Waals surface area contributed by atoms with Crippen LogP contribution in [0.5, 0.6) is 0 Å². The molecule has 2 unspecified atom stereocenters. The minimum atomic E-state index is -3.42. The van der Waals surface area contributed by atoms with Crippen LogP contribution in [0.2, 0.25) is 0 Å². The fraction of sp³-hybridized carbons (Fsp3) is 0.907. The lowest BCUT2D eigenvalue weighted by Gasteiger charge is -2.53. The molecule has 0 aromatic heterocycles. The fourth-order valence-electron chi connectivity index (χ4n) is 12.4. The molecule has 7 heterocycles. The van der Waals surface area contributed by atoms with Crippen LogP contribution < -0.4 is 16.0 Å². The number of carboxylic acids is 2. The van der Waals surface area contributed by atoms with Gasteiger partial charge in [0.25, 0.3) is 11.6 Å². The summed E-state index contributed by atoms with van der Waals surface area (Å²) in [5.41, 5.74) is 0. The Hall–Kier alpha value is -4.01. The van der Waals surface area contributed by atoms with E-state index in [-0.39, 0.29) is 0 Å². The number of hydrogen-bond donors (Lipinski definition) is 26. The number of carbonyl (C=O) groups excluding carboxylic acids is 3. The molecule has 7 aliphatic rings. The van der Waals surface area contributed by atoms with Gasteiger partial charge in [0.15, 0.2) is 31.5 Å². The highest BCUT2D eigenvalue weighted by Crippen LogP contribution is 2.42. The first-order valence-electron chi connectivity index (χ1n) is 30.7. The molecule has 0 bridgehead atoms. The zero-order chi connectivity index (χ0) is 73.1. The van der Waals surface area contributed by atoms with Crippen molar-refractivity contribution in [3.8, 4) is 0 Å². The largest absolute Gasteiger partial charge is 0.477 e. The Morgan fingerprint density at radius 3 is 1.34 bits per heavy atom. The van der Waals surface area contributed by atoms with Crippen LogP contribution in [0.3, 0.4) is 0 Å². The number of rotatable bonds is 27. The Kier molecular flexibility index (Phi) is 28.3. The summed E-state index contributed by atoms with van der Waals surface area (Å²) in [6.07, 6.45) is -74.5. The van der Waals surface area contributed by atoms with Crippen LogP contribution in [0.25, 0.3) is 0 Å². The zero-order valence-corrected chi connectivity index (χ0v) is 52.5. The molecule has 0 aliphatic carbocycles. The third-order valence-corrected chi connectivity index (χ3v) is 17.7. The molecule has 566 valence electrons. The van der Waals surface area contributed by atoms with Crippen molar-refractivity contribution in [3.05, 3.63) is 0 Å². The number of aliphatic hydroxyl groups is 21. The van der Waals surface area contributed by atoms with Gasteiger partial charge in [0.05, 0.1) is 70.0 Å². The lowest BCUT2D eigenvalue weighted by Crippen LogP contribution is -2.72. The number of aliphatic carboxylic acids is 2. The van der Waals surface area contributed by atoms with Gasteiger partial charge in [0, 0.05) is 33.6 Å². The van der Waals surface area contributed by atoms with Gasteiger partial charge in [-0.1, -0.05) is 0 Å². The number of ether oxygens (including phenoxy) is 13. The Balaban J connectivity index is 1.39. The van der Waals surface area contributed by atoms with Gasteiger partial charge in [-0.3, -0.25) is 14.4 Å². The maximum atomic E-state index is 13.7. The zero-order valence-electron chi connectivity index (χ0n) is 52.5. The van der Waals surface area contributed by atoms with E-state index in [1.807, 2.05) is 0 Å². The Morgan fingerprint density at radius 2 is 0.857 bits per heavy atom. The third kappa shape index (κ3) is 17.4. The van der Waals surface area contributed by atoms with Crippen LogP contribution in [-0.4, -0.2) is 413 Å². The van der Waals surface area contributed by atoms with Gasteiger partial charge in [-0.25, -0.2) is 9.59 Å². The van der Waals surface area contributed by atoms with E-state index in [1.165, 1.54) is 0 Å². The number of nitrogens with one attached hydrogen (secondary N) is 3. The summed E-state index contributed by atoms with van der Waals surface area (Å²) in [7, 11) is 0. The van der Waals surface area contributed by atoms with Crippen LogP contribution in [0.15, 0.2) is 0 Å². The lowest BCUT2D eigenvalue weighted by molar-refractivity contribution is -0.402. The molecule has 3 amide bonds. The number of aliphatic hydroxyl groups excluding tert-OH is 21. The SMILES string of the molecule is CC(=O)N[C@@H]1[C@H](O[C@H]2[C@@H](O)[C@@H](CO)OC(O[C@@H]3[C@@H](O)[C@H](O)[C@@H](O)O[C@@H]3CO)[C@H]2O)O[C@H](CO[C@]2(C(=O)O)C[C@H](O)[C@@H](NC(C)=O)[C@@H](C(O)[C@@H](O)CO)O2)[C@H](O[C@H]2O[C@H](C)[C@H](O)[C@H](O)[C@@H]2O)[C@@H]1O[C@H]1O[C@@H](CO)[C@@H](O)[C@H](O[C@@]2(C(=O)O)C[C@H](O)[C@@H](NC(C)=O)[C@@H]([C@H](O)[C@@H](O)CO)O2)[C@H]1O. The van der Waals surface area contributed by atoms with Gasteiger partial charge in [0.2, 0.25) is 17.7 Å². The summed E-state index contributed by atoms with van der Waals surface area (Å²) in [5, 5.41) is 259. The average molecular weight is 1440 g/mol. The summed E-state index contributed by atoms with van der Waals surface area (Å²) in [6, 6.07) is -5.90. The van der Waals surface area contributed by atoms with E-state index in [9.17, 15) is 141 Å². The predicted octanol–water partition coefficient (Wildman–Crippen LogP) is -16.4. The minimum Gasteiger partial charge on any atom is -0.477 e. The standard InChI is InChI=1S/C54H89N3O41/c1-13-28(70)33(75)36(78)48(87-13)93-40-24(12-86-53(51(82)83)5-17(66)25(55-14(2)63)41(96-53)29(71)19(68)7-58)91-47(95-44-31(73)21(9-60)89-49(37(44)79)92-39-23(11-62)88-46(81)35(77)34(39)76)27(57-16(4)65)43(40)94-50-38(80)45(32(74)22(10-61)90-50)98-54(52(84)85)6-18(67)26(56-15(3)64)42(97-54)30(72)20(69)8-59/h13,17-50,58-62,66-81H,5-12H2,1-4H3,(H,55,63)(H,56,64)(H,57,65)(H,82,83)(H,84,85)/t13-,17+,18+,19+,20+,21-,22+,23-,24-,25-,26-,27+,28+,29?,30-,31+,32-,33+,34+,35+,36+,37+,38-,39+,40+,41+,42+,43-,44+,45+,46+,47+,48-,49?,50-,53-,54-/m1/s1. The highest BCUT2D eigenvalue weighted by molar-refractivity contribution is 5.77. The van der Waals surface area contributed by atoms with Crippen molar-refractivity contribution in [1.82, 2.24) is 16.0 Å². The van der Waals surface area contributed by atoms with Gasteiger partial charge in [-0.05, 0) is 6.92 Å². The predicted molar refractivity (Wildman–Crippen MR) is 300 cm³/mol. The molecule has 44 nitrogen and oxygen atoms in total. The molecule has 7 aliphatic heterocycles. The molecule has 7 saturated heterocycles. The Morgan fingerprint density at radius 1 is 0.439 bits per heavy atom. The lowest BCUT2D eigenvalue weighted by atomic mass is 9.88. The van der Waals surface area contributed by atoms with Crippen molar-refractivity contribution in [2.75, 3.05) is 39.6 Å². The molecule has 7 fully saturated rings. The highest BCUT2D eigenvalue weighted by atomic mass is 16.8. The summed E-state index contributed by atoms with van der Waals surface area (Å²) >= 11 is 0. The van der Waals surface area contributed by atoms with E-state index in [0.717, 1.165) is 27.7 Å². The number of carboxylic acid groups (broad SMARTS) is 2. The Bertz CT molecular complexity index is 2630. The second kappa shape index (κ2) is 34.1. The minimum absolute atomic E-state index is 0.824. The second-order valence-electron chi connectivity index (χ2n) is 24.6. The van der Waals surface area contributed by atoms with E-state index < -0.39 is 308 Å². The quantitative estimate of drug-likeness (QED) is 0.0363. The van der Waals surface area contributed by atoms with Crippen molar-refractivity contribution < 1.29 is 203 Å². The van der Waals surface area contributed by atoms with Crippen molar-refractivity contribution in [2.24, 2.45) is 0 Å². The van der Waals surface area contributed by atoms with E-state index in [1.54, 1.807) is 0 Å². The molecule has 98 heavy (non-hydrogen) atoms. The van der Waals surface area contributed by atoms with Gasteiger partial charge >= 0.3 is 11.9 Å². The van der Waals surface area contributed by atoms with Crippen molar-refractivity contribution in [3.63, 3.8) is 0 Å². The highest BCUT2D eigenvalue weighted by Gasteiger charge is 2.64. The maximum Gasteiger partial charge on any atom is 0.364 e. The molecule has 37 atom stereocenters. The topological polar surface area (TPSA) is 707 Å². The van der Waals surface area contributed by atoms with Gasteiger partial charge in [0.1, 0.15) is 153 Å². The van der Waals surface area contributed by atoms with Crippen LogP contribution >= 0.6 is 0 Å². The van der Waals surface area contributed by atoms with Crippen LogP contribution in [0, 0.1) is 0 Å². The molecule has 0 aromatic carbocycles. The first-order chi connectivity index (χ1) is 45.9. The fourth-order valence-corrected chi connectivity index (χ4v) is 12.4. The smallest absolute Gasteiger partial charge is 0.364 e. The van der Waals surface area contributed by atoms with E-state index in [0.29, 0.717) is 0 Å². The van der Waals surface area contributed by atoms with Gasteiger partial charge < -0.3 is 195 Å². The molecule has 0 saturated carbocycles. The third-order valence-electron chi connectivity index (χ3n) is 17.7. The summed E-state index contributed by atoms with van der Waals surface area (Å²) in [5.74, 6) is -14.1. The van der Waals surface area contributed by atoms with E-state index >= 15 is 0 Å². The van der Waals surface area contributed by atoms with E-state index in [2.05, 4.69) is 16.0 Å². The van der Waals surface area contributed by atoms with Gasteiger partial charge in [-0.15, -0.1) is 0 Å². The average Bonchev–Trinajstić information content (AvgIpc) is 0.750. The molecule has 44 heteroatoms. The number of carbonyl (C=O) groups is 5. The normalized spacial score (nSPS) is 46.0. The molecule has 26 N–H and O–H groups in total. The molecule has 7 rings (SSSR count). The first-order valence-corrected chi connectivity index (χ1v) is 30.7. The van der Waals surface area contributed by atoms with Crippen LogP contribution in [-0.2, 0) is 85.6 Å². The van der Waals surface area contributed by atoms with Crippen molar-refractivity contribution in [2.45, 2.75) is 266 Å².